The van der Waals surface area contributed by atoms with Crippen LogP contribution in [0.25, 0.3) is 0 Å². The number of nitro groups is 1. The highest BCUT2D eigenvalue weighted by Gasteiger charge is 2.19. The second-order valence-electron chi connectivity index (χ2n) is 3.20. The fourth-order valence-electron chi connectivity index (χ4n) is 1.21. The molecule has 0 aliphatic rings. The molecule has 0 aromatic heterocycles. The lowest BCUT2D eigenvalue weighted by molar-refractivity contribution is -0.386. The second kappa shape index (κ2) is 6.00. The molecule has 0 saturated carbocycles. The van der Waals surface area contributed by atoms with E-state index in [1.165, 1.54) is 7.11 Å². The number of rotatable bonds is 6. The van der Waals surface area contributed by atoms with Crippen molar-refractivity contribution >= 4 is 5.69 Å². The Morgan fingerprint density at radius 1 is 1.47 bits per heavy atom. The summed E-state index contributed by atoms with van der Waals surface area (Å²) in [5.41, 5.74) is 4.83. The molecule has 0 aliphatic carbocycles. The molecule has 0 heterocycles. The Morgan fingerprint density at radius 3 is 2.71 bits per heavy atom. The summed E-state index contributed by atoms with van der Waals surface area (Å²) in [5, 5.41) is 10.6. The molecule has 0 aliphatic heterocycles. The largest absolute Gasteiger partial charge is 0.490 e. The number of nitro benzene ring substituents is 1. The third kappa shape index (κ3) is 3.28. The lowest BCUT2D eigenvalue weighted by Gasteiger charge is -2.08. The Bertz CT molecular complexity index is 412. The van der Waals surface area contributed by atoms with Gasteiger partial charge in [-0.2, -0.15) is 0 Å². The van der Waals surface area contributed by atoms with Crippen molar-refractivity contribution in [1.82, 2.24) is 0 Å². The molecular formula is C10H13FN2O4. The lowest BCUT2D eigenvalue weighted by atomic mass is 10.2. The van der Waals surface area contributed by atoms with Crippen LogP contribution in [0.2, 0.25) is 0 Å². The summed E-state index contributed by atoms with van der Waals surface area (Å²) in [5.74, 6) is -0.922. The van der Waals surface area contributed by atoms with E-state index in [2.05, 4.69) is 0 Å². The van der Waals surface area contributed by atoms with Crippen LogP contribution < -0.4 is 15.2 Å². The minimum Gasteiger partial charge on any atom is -0.490 e. The van der Waals surface area contributed by atoms with Crippen molar-refractivity contribution in [1.29, 1.82) is 0 Å². The summed E-state index contributed by atoms with van der Waals surface area (Å²) in [6, 6.07) is 1.93. The van der Waals surface area contributed by atoms with Crippen LogP contribution in [0.5, 0.6) is 11.5 Å². The maximum absolute atomic E-state index is 13.4. The van der Waals surface area contributed by atoms with Gasteiger partial charge in [-0.3, -0.25) is 10.1 Å². The highest BCUT2D eigenvalue weighted by atomic mass is 19.1. The van der Waals surface area contributed by atoms with Crippen LogP contribution in [0.1, 0.15) is 6.42 Å². The fourth-order valence-corrected chi connectivity index (χ4v) is 1.21. The summed E-state index contributed by atoms with van der Waals surface area (Å²) >= 11 is 0. The average molecular weight is 244 g/mol. The number of benzene rings is 1. The van der Waals surface area contributed by atoms with Gasteiger partial charge in [-0.25, -0.2) is 4.39 Å². The Balaban J connectivity index is 2.96. The van der Waals surface area contributed by atoms with Crippen molar-refractivity contribution in [2.45, 2.75) is 6.42 Å². The van der Waals surface area contributed by atoms with Gasteiger partial charge in [-0.1, -0.05) is 0 Å². The van der Waals surface area contributed by atoms with E-state index in [1.807, 2.05) is 0 Å². The molecule has 17 heavy (non-hydrogen) atoms. The molecule has 1 rings (SSSR count). The minimum atomic E-state index is -0.797. The van der Waals surface area contributed by atoms with Gasteiger partial charge in [0.1, 0.15) is 0 Å². The fraction of sp³-hybridized carbons (Fsp3) is 0.400. The monoisotopic (exact) mass is 244 g/mol. The Hall–Kier alpha value is -1.89. The molecular weight excluding hydrogens is 231 g/mol. The van der Waals surface area contributed by atoms with Gasteiger partial charge in [-0.15, -0.1) is 0 Å². The molecule has 0 spiro atoms. The zero-order valence-electron chi connectivity index (χ0n) is 9.31. The predicted molar refractivity (Wildman–Crippen MR) is 58.8 cm³/mol. The topological polar surface area (TPSA) is 87.6 Å². The maximum Gasteiger partial charge on any atom is 0.314 e. The van der Waals surface area contributed by atoms with Crippen LogP contribution >= 0.6 is 0 Å². The SMILES string of the molecule is COc1cc(OCCCN)c(F)cc1[N+](=O)[O-]. The minimum absolute atomic E-state index is 0.0425. The van der Waals surface area contributed by atoms with Crippen molar-refractivity contribution in [3.05, 3.63) is 28.1 Å². The van der Waals surface area contributed by atoms with E-state index in [-0.39, 0.29) is 18.1 Å². The zero-order chi connectivity index (χ0) is 12.8. The number of nitrogens with zero attached hydrogens (tertiary/aromatic N) is 1. The Labute approximate surface area is 97.3 Å². The first-order valence-corrected chi connectivity index (χ1v) is 4.95. The summed E-state index contributed by atoms with van der Waals surface area (Å²) in [6.45, 7) is 0.667. The van der Waals surface area contributed by atoms with Crippen molar-refractivity contribution in [2.75, 3.05) is 20.3 Å². The molecule has 6 nitrogen and oxygen atoms in total. The molecule has 1 aromatic carbocycles. The summed E-state index contributed by atoms with van der Waals surface area (Å²) in [6.07, 6.45) is 0.568. The number of hydrogen-bond donors (Lipinski definition) is 1. The summed E-state index contributed by atoms with van der Waals surface area (Å²) in [7, 11) is 1.27. The molecule has 0 atom stereocenters. The van der Waals surface area contributed by atoms with Crippen LogP contribution in [-0.2, 0) is 0 Å². The lowest BCUT2D eigenvalue weighted by Crippen LogP contribution is -2.07. The number of hydrogen-bond acceptors (Lipinski definition) is 5. The zero-order valence-corrected chi connectivity index (χ0v) is 9.31. The average Bonchev–Trinajstić information content (AvgIpc) is 2.30. The van der Waals surface area contributed by atoms with Crippen LogP contribution in [0.15, 0.2) is 12.1 Å². The smallest absolute Gasteiger partial charge is 0.314 e. The molecule has 7 heteroatoms. The van der Waals surface area contributed by atoms with Crippen LogP contribution in [0.3, 0.4) is 0 Å². The van der Waals surface area contributed by atoms with Gasteiger partial charge in [0, 0.05) is 6.07 Å². The Morgan fingerprint density at radius 2 is 2.18 bits per heavy atom. The molecule has 0 amide bonds. The highest BCUT2D eigenvalue weighted by molar-refractivity contribution is 5.51. The van der Waals surface area contributed by atoms with Gasteiger partial charge >= 0.3 is 5.69 Å². The standard InChI is InChI=1S/C10H13FN2O4/c1-16-10-6-9(17-4-2-3-12)7(11)5-8(10)13(14)15/h5-6H,2-4,12H2,1H3. The maximum atomic E-state index is 13.4. The van der Waals surface area contributed by atoms with Crippen LogP contribution in [0, 0.1) is 15.9 Å². The van der Waals surface area contributed by atoms with E-state index in [4.69, 9.17) is 15.2 Å². The molecule has 0 unspecified atom stereocenters. The number of halogens is 1. The molecule has 2 N–H and O–H groups in total. The number of nitrogens with two attached hydrogens (primary N) is 1. The second-order valence-corrected chi connectivity index (χ2v) is 3.20. The first kappa shape index (κ1) is 13.2. The van der Waals surface area contributed by atoms with E-state index in [1.54, 1.807) is 0 Å². The summed E-state index contributed by atoms with van der Waals surface area (Å²) in [4.78, 5) is 9.89. The molecule has 0 radical (unpaired) electrons. The van der Waals surface area contributed by atoms with Gasteiger partial charge in [-0.05, 0) is 13.0 Å². The van der Waals surface area contributed by atoms with Crippen LogP contribution in [0.4, 0.5) is 10.1 Å². The third-order valence-corrected chi connectivity index (χ3v) is 2.04. The quantitative estimate of drug-likeness (QED) is 0.465. The van der Waals surface area contributed by atoms with E-state index >= 15 is 0 Å². The van der Waals surface area contributed by atoms with Crippen LogP contribution in [-0.4, -0.2) is 25.2 Å². The first-order valence-electron chi connectivity index (χ1n) is 4.95. The number of methoxy groups -OCH3 is 1. The predicted octanol–water partition coefficient (Wildman–Crippen LogP) is 1.47. The molecule has 0 saturated heterocycles. The summed E-state index contributed by atoms with van der Waals surface area (Å²) < 4.78 is 23.3. The van der Waals surface area contributed by atoms with Crippen molar-refractivity contribution in [3.63, 3.8) is 0 Å². The number of ether oxygens (including phenoxy) is 2. The van der Waals surface area contributed by atoms with E-state index < -0.39 is 16.4 Å². The van der Waals surface area contributed by atoms with E-state index in [0.717, 1.165) is 12.1 Å². The van der Waals surface area contributed by atoms with Crippen molar-refractivity contribution < 1.29 is 18.8 Å². The van der Waals surface area contributed by atoms with Crippen molar-refractivity contribution in [2.24, 2.45) is 5.73 Å². The first-order chi connectivity index (χ1) is 8.10. The van der Waals surface area contributed by atoms with Gasteiger partial charge < -0.3 is 15.2 Å². The third-order valence-electron chi connectivity index (χ3n) is 2.04. The molecule has 0 bridgehead atoms. The van der Waals surface area contributed by atoms with E-state index in [0.29, 0.717) is 13.0 Å². The van der Waals surface area contributed by atoms with Gasteiger partial charge in [0.25, 0.3) is 0 Å². The molecule has 94 valence electrons. The van der Waals surface area contributed by atoms with Gasteiger partial charge in [0.15, 0.2) is 11.6 Å². The van der Waals surface area contributed by atoms with E-state index in [9.17, 15) is 14.5 Å². The molecule has 0 fully saturated rings. The van der Waals surface area contributed by atoms with Crippen molar-refractivity contribution in [3.8, 4) is 11.5 Å². The normalized spacial score (nSPS) is 10.1. The van der Waals surface area contributed by atoms with Gasteiger partial charge in [0.05, 0.1) is 24.7 Å². The van der Waals surface area contributed by atoms with Gasteiger partial charge in [0.2, 0.25) is 5.75 Å². The Kier molecular flexibility index (Phi) is 4.65. The molecule has 1 aromatic rings. The highest BCUT2D eigenvalue weighted by Crippen LogP contribution is 2.33.